The minimum Gasteiger partial charge on any atom is -0.456 e. The molecule has 10 rings (SSSR count). The van der Waals surface area contributed by atoms with E-state index in [1.54, 1.807) is 0 Å². The fourth-order valence-electron chi connectivity index (χ4n) is 7.76. The number of nitrogens with zero attached hydrogens (tertiary/aromatic N) is 2. The first-order chi connectivity index (χ1) is 24.5. The molecule has 2 aromatic heterocycles. The smallest absolute Gasteiger partial charge is 0.227 e. The summed E-state index contributed by atoms with van der Waals surface area (Å²) in [5.41, 5.74) is 14.8. The van der Waals surface area contributed by atoms with E-state index in [2.05, 4.69) is 140 Å². The molecule has 2 heterocycles. The number of aromatic nitrogens is 1. The van der Waals surface area contributed by atoms with E-state index in [-0.39, 0.29) is 5.41 Å². The quantitative estimate of drug-likeness (QED) is 0.187. The summed E-state index contributed by atoms with van der Waals surface area (Å²) < 4.78 is 12.8. The number of hydrogen-bond acceptors (Lipinski definition) is 4. The molecule has 50 heavy (non-hydrogen) atoms. The Morgan fingerprint density at radius 2 is 1.12 bits per heavy atom. The summed E-state index contributed by atoms with van der Waals surface area (Å²) in [7, 11) is 0. The fourth-order valence-corrected chi connectivity index (χ4v) is 7.76. The van der Waals surface area contributed by atoms with Crippen LogP contribution in [0.5, 0.6) is 0 Å². The molecule has 0 amide bonds. The number of rotatable bonds is 5. The van der Waals surface area contributed by atoms with Crippen LogP contribution < -0.4 is 4.90 Å². The van der Waals surface area contributed by atoms with Gasteiger partial charge in [-0.25, -0.2) is 4.98 Å². The summed E-state index contributed by atoms with van der Waals surface area (Å²) in [5.74, 6) is 0.605. The fraction of sp³-hybridized carbons (Fsp3) is 0.0652. The normalized spacial score (nSPS) is 13.2. The lowest BCUT2D eigenvalue weighted by molar-refractivity contribution is 0.620. The van der Waals surface area contributed by atoms with Crippen molar-refractivity contribution in [3.05, 3.63) is 169 Å². The Hall–Kier alpha value is -6.39. The van der Waals surface area contributed by atoms with Gasteiger partial charge in [0.1, 0.15) is 16.7 Å². The van der Waals surface area contributed by atoms with Gasteiger partial charge in [-0.2, -0.15) is 0 Å². The molecule has 0 fully saturated rings. The van der Waals surface area contributed by atoms with E-state index in [0.717, 1.165) is 61.2 Å². The van der Waals surface area contributed by atoms with Crippen LogP contribution in [-0.4, -0.2) is 4.98 Å². The van der Waals surface area contributed by atoms with E-state index in [0.29, 0.717) is 5.89 Å². The van der Waals surface area contributed by atoms with Gasteiger partial charge in [0.2, 0.25) is 5.89 Å². The van der Waals surface area contributed by atoms with Crippen molar-refractivity contribution in [2.75, 3.05) is 4.90 Å². The van der Waals surface area contributed by atoms with E-state index >= 15 is 0 Å². The molecule has 7 aromatic carbocycles. The van der Waals surface area contributed by atoms with Crippen LogP contribution in [0.1, 0.15) is 25.0 Å². The second-order valence-electron chi connectivity index (χ2n) is 13.6. The zero-order valence-corrected chi connectivity index (χ0v) is 27.7. The third-order valence-electron chi connectivity index (χ3n) is 10.3. The first kappa shape index (κ1) is 28.6. The van der Waals surface area contributed by atoms with Crippen molar-refractivity contribution >= 4 is 50.1 Å². The second-order valence-corrected chi connectivity index (χ2v) is 13.6. The van der Waals surface area contributed by atoms with Gasteiger partial charge in [-0.15, -0.1) is 0 Å². The predicted molar refractivity (Wildman–Crippen MR) is 204 cm³/mol. The molecule has 0 unspecified atom stereocenters. The summed E-state index contributed by atoms with van der Waals surface area (Å²) in [6.45, 7) is 4.66. The summed E-state index contributed by atoms with van der Waals surface area (Å²) in [5, 5.41) is 2.04. The SMILES string of the molecule is CC1(C)c2ccccc2-c2ccc(N(c3cccc(-c4ccccc4)c3)c3ccc4c(c3)oc3cc5nc(-c6ccccc6)oc5cc34)cc21. The predicted octanol–water partition coefficient (Wildman–Crippen LogP) is 12.8. The first-order valence-corrected chi connectivity index (χ1v) is 17.0. The number of anilines is 3. The minimum absolute atomic E-state index is 0.118. The molecular formula is C46H32N2O2. The standard InChI is InChI=1S/C46H32N2O2/c1-46(2)39-19-10-9-18-35(39)36-22-20-33(25-40(36)46)48(32-17-11-16-31(24-32)29-12-5-3-6-13-29)34-21-23-37-38-27-44-41(28-43(38)49-42(37)26-34)47-45(50-44)30-14-7-4-8-15-30/h3-28H,1-2H3. The molecule has 0 saturated heterocycles. The van der Waals surface area contributed by atoms with Crippen LogP contribution in [0.3, 0.4) is 0 Å². The van der Waals surface area contributed by atoms with E-state index < -0.39 is 0 Å². The first-order valence-electron chi connectivity index (χ1n) is 17.0. The average Bonchev–Trinajstić information content (AvgIpc) is 3.81. The zero-order valence-electron chi connectivity index (χ0n) is 27.7. The lowest BCUT2D eigenvalue weighted by atomic mass is 9.82. The molecule has 0 aliphatic heterocycles. The van der Waals surface area contributed by atoms with Crippen LogP contribution in [0.2, 0.25) is 0 Å². The lowest BCUT2D eigenvalue weighted by Gasteiger charge is -2.28. The van der Waals surface area contributed by atoms with Gasteiger partial charge in [-0.3, -0.25) is 0 Å². The topological polar surface area (TPSA) is 42.4 Å². The molecular weight excluding hydrogens is 613 g/mol. The molecule has 4 heteroatoms. The van der Waals surface area contributed by atoms with Crippen molar-refractivity contribution in [2.24, 2.45) is 0 Å². The van der Waals surface area contributed by atoms with E-state index in [1.165, 1.54) is 27.8 Å². The summed E-state index contributed by atoms with van der Waals surface area (Å²) in [4.78, 5) is 7.13. The highest BCUT2D eigenvalue weighted by Gasteiger charge is 2.35. The number of hydrogen-bond donors (Lipinski definition) is 0. The van der Waals surface area contributed by atoms with Crippen LogP contribution >= 0.6 is 0 Å². The Kier molecular flexibility index (Phi) is 6.19. The van der Waals surface area contributed by atoms with E-state index in [1.807, 2.05) is 36.4 Å². The summed E-state index contributed by atoms with van der Waals surface area (Å²) in [6, 6.07) is 55.6. The van der Waals surface area contributed by atoms with E-state index in [9.17, 15) is 0 Å². The van der Waals surface area contributed by atoms with Crippen molar-refractivity contribution in [1.29, 1.82) is 0 Å². The van der Waals surface area contributed by atoms with Gasteiger partial charge in [0, 0.05) is 50.9 Å². The van der Waals surface area contributed by atoms with Gasteiger partial charge in [0.05, 0.1) is 0 Å². The number of furan rings is 1. The zero-order chi connectivity index (χ0) is 33.4. The maximum Gasteiger partial charge on any atom is 0.227 e. The van der Waals surface area contributed by atoms with Crippen molar-refractivity contribution in [3.8, 4) is 33.7 Å². The molecule has 0 spiro atoms. The van der Waals surface area contributed by atoms with E-state index in [4.69, 9.17) is 13.8 Å². The number of oxazole rings is 1. The van der Waals surface area contributed by atoms with Crippen molar-refractivity contribution in [2.45, 2.75) is 19.3 Å². The summed E-state index contributed by atoms with van der Waals surface area (Å²) in [6.07, 6.45) is 0. The largest absolute Gasteiger partial charge is 0.456 e. The van der Waals surface area contributed by atoms with Gasteiger partial charge < -0.3 is 13.7 Å². The molecule has 0 N–H and O–H groups in total. The van der Waals surface area contributed by atoms with Crippen LogP contribution in [0.4, 0.5) is 17.1 Å². The highest BCUT2D eigenvalue weighted by molar-refractivity contribution is 6.10. The highest BCUT2D eigenvalue weighted by atomic mass is 16.4. The minimum atomic E-state index is -0.118. The van der Waals surface area contributed by atoms with Gasteiger partial charge in [-0.05, 0) is 88.0 Å². The van der Waals surface area contributed by atoms with Gasteiger partial charge >= 0.3 is 0 Å². The van der Waals surface area contributed by atoms with Crippen molar-refractivity contribution < 1.29 is 8.83 Å². The molecule has 0 atom stereocenters. The molecule has 1 aliphatic carbocycles. The highest BCUT2D eigenvalue weighted by Crippen LogP contribution is 2.51. The molecule has 238 valence electrons. The molecule has 4 nitrogen and oxygen atoms in total. The van der Waals surface area contributed by atoms with Gasteiger partial charge in [0.15, 0.2) is 5.58 Å². The number of fused-ring (bicyclic) bond motifs is 7. The Bertz CT molecular complexity index is 2740. The third-order valence-corrected chi connectivity index (χ3v) is 10.3. The van der Waals surface area contributed by atoms with Crippen LogP contribution in [-0.2, 0) is 5.41 Å². The third kappa shape index (κ3) is 4.42. The molecule has 1 aliphatic rings. The Morgan fingerprint density at radius 3 is 1.96 bits per heavy atom. The van der Waals surface area contributed by atoms with Crippen molar-refractivity contribution in [1.82, 2.24) is 4.98 Å². The monoisotopic (exact) mass is 644 g/mol. The molecule has 0 radical (unpaired) electrons. The maximum absolute atomic E-state index is 6.57. The van der Waals surface area contributed by atoms with Crippen LogP contribution in [0.25, 0.3) is 66.7 Å². The Labute approximate surface area is 289 Å². The number of benzene rings is 7. The Balaban J connectivity index is 1.13. The van der Waals surface area contributed by atoms with Gasteiger partial charge in [-0.1, -0.05) is 105 Å². The summed E-state index contributed by atoms with van der Waals surface area (Å²) >= 11 is 0. The lowest BCUT2D eigenvalue weighted by Crippen LogP contribution is -2.16. The average molecular weight is 645 g/mol. The van der Waals surface area contributed by atoms with Crippen LogP contribution in [0.15, 0.2) is 167 Å². The maximum atomic E-state index is 6.57. The molecule has 0 saturated carbocycles. The second kappa shape index (κ2) is 10.8. The van der Waals surface area contributed by atoms with Crippen LogP contribution in [0, 0.1) is 0 Å². The molecule has 0 bridgehead atoms. The van der Waals surface area contributed by atoms with Gasteiger partial charge in [0.25, 0.3) is 0 Å². The molecule has 9 aromatic rings. The Morgan fingerprint density at radius 1 is 0.460 bits per heavy atom. The van der Waals surface area contributed by atoms with Crippen molar-refractivity contribution in [3.63, 3.8) is 0 Å².